The molecular weight excluding hydrogens is 208 g/mol. The molecule has 0 bridgehead atoms. The van der Waals surface area contributed by atoms with Crippen molar-refractivity contribution in [3.8, 4) is 0 Å². The summed E-state index contributed by atoms with van der Waals surface area (Å²) in [5, 5.41) is 16.7. The lowest BCUT2D eigenvalue weighted by atomic mass is 9.81. The molecule has 0 amide bonds. The summed E-state index contributed by atoms with van der Waals surface area (Å²) in [4.78, 5) is 20.2. The third-order valence-corrected chi connectivity index (χ3v) is 2.74. The van der Waals surface area contributed by atoms with Gasteiger partial charge in [-0.2, -0.15) is 0 Å². The predicted molar refractivity (Wildman–Crippen MR) is 63.4 cm³/mol. The van der Waals surface area contributed by atoms with E-state index in [1.165, 1.54) is 0 Å². The van der Waals surface area contributed by atoms with Crippen molar-refractivity contribution in [3.63, 3.8) is 0 Å². The van der Waals surface area contributed by atoms with Crippen LogP contribution in [-0.4, -0.2) is 22.2 Å². The van der Waals surface area contributed by atoms with E-state index in [0.717, 1.165) is 12.8 Å². The molecule has 0 aromatic heterocycles. The Hall–Kier alpha value is -1.06. The smallest absolute Gasteiger partial charge is 0.309 e. The molecule has 0 aromatic rings. The Labute approximate surface area is 97.7 Å². The second-order valence-corrected chi connectivity index (χ2v) is 4.68. The van der Waals surface area contributed by atoms with Gasteiger partial charge in [-0.05, 0) is 26.2 Å². The molecule has 0 rings (SSSR count). The van der Waals surface area contributed by atoms with E-state index in [1.54, 1.807) is 13.8 Å². The van der Waals surface area contributed by atoms with Crippen LogP contribution in [0.1, 0.15) is 53.9 Å². The molecule has 0 aromatic carbocycles. The molecule has 0 saturated carbocycles. The van der Waals surface area contributed by atoms with Crippen LogP contribution in [0.4, 0.5) is 0 Å². The number of carboxylic acid groups (broad SMARTS) is 2. The van der Waals surface area contributed by atoms with Gasteiger partial charge in [0, 0.05) is 6.42 Å². The molecule has 0 radical (unpaired) electrons. The second kappa shape index (κ2) is 8.13. The third-order valence-electron chi connectivity index (χ3n) is 2.74. The van der Waals surface area contributed by atoms with E-state index in [9.17, 15) is 9.59 Å². The molecule has 0 unspecified atom stereocenters. The predicted octanol–water partition coefficient (Wildman–Crippen LogP) is 3.01. The first-order valence-electron chi connectivity index (χ1n) is 5.61. The second-order valence-electron chi connectivity index (χ2n) is 4.68. The highest BCUT2D eigenvalue weighted by atomic mass is 16.4. The van der Waals surface area contributed by atoms with Gasteiger partial charge in [0.15, 0.2) is 0 Å². The van der Waals surface area contributed by atoms with E-state index in [4.69, 9.17) is 10.2 Å². The number of rotatable bonds is 5. The molecule has 0 aliphatic heterocycles. The normalized spacial score (nSPS) is 10.6. The van der Waals surface area contributed by atoms with Gasteiger partial charge in [-0.1, -0.05) is 27.2 Å². The fourth-order valence-electron chi connectivity index (χ4n) is 0.575. The number of hydrogen-bond acceptors (Lipinski definition) is 2. The summed E-state index contributed by atoms with van der Waals surface area (Å²) in [6.45, 7) is 9.27. The number of aliphatic carboxylic acids is 2. The van der Waals surface area contributed by atoms with Crippen LogP contribution in [0, 0.1) is 11.3 Å². The van der Waals surface area contributed by atoms with Crippen molar-refractivity contribution in [2.75, 3.05) is 0 Å². The molecule has 96 valence electrons. The third kappa shape index (κ3) is 8.26. The topological polar surface area (TPSA) is 74.6 Å². The molecule has 0 aliphatic carbocycles. The van der Waals surface area contributed by atoms with Crippen LogP contribution in [0.15, 0.2) is 0 Å². The van der Waals surface area contributed by atoms with Crippen molar-refractivity contribution in [2.24, 2.45) is 11.3 Å². The summed E-state index contributed by atoms with van der Waals surface area (Å²) in [5.74, 6) is -1.23. The summed E-state index contributed by atoms with van der Waals surface area (Å²) >= 11 is 0. The van der Waals surface area contributed by atoms with E-state index in [-0.39, 0.29) is 5.92 Å². The van der Waals surface area contributed by atoms with Crippen molar-refractivity contribution in [1.82, 2.24) is 0 Å². The summed E-state index contributed by atoms with van der Waals surface area (Å²) in [5.41, 5.74) is -0.583. The first-order chi connectivity index (χ1) is 7.16. The lowest BCUT2D eigenvalue weighted by Gasteiger charge is -2.22. The highest BCUT2D eigenvalue weighted by molar-refractivity contribution is 5.73. The van der Waals surface area contributed by atoms with Gasteiger partial charge in [0.2, 0.25) is 0 Å². The molecule has 0 fully saturated rings. The van der Waals surface area contributed by atoms with Crippen molar-refractivity contribution < 1.29 is 19.8 Å². The minimum absolute atomic E-state index is 0.190. The molecule has 0 aliphatic rings. The number of unbranched alkanes of at least 4 members (excludes halogenated alkanes) is 1. The van der Waals surface area contributed by atoms with E-state index in [2.05, 4.69) is 0 Å². The molecule has 16 heavy (non-hydrogen) atoms. The van der Waals surface area contributed by atoms with Crippen LogP contribution in [0.3, 0.4) is 0 Å². The van der Waals surface area contributed by atoms with E-state index in [1.807, 2.05) is 20.8 Å². The maximum Gasteiger partial charge on any atom is 0.309 e. The molecular formula is C12H24O4. The van der Waals surface area contributed by atoms with Crippen molar-refractivity contribution in [1.29, 1.82) is 0 Å². The lowest BCUT2D eigenvalue weighted by molar-refractivity contribution is -0.149. The maximum atomic E-state index is 10.5. The zero-order chi connectivity index (χ0) is 13.4. The van der Waals surface area contributed by atoms with E-state index < -0.39 is 17.4 Å². The largest absolute Gasteiger partial charge is 0.481 e. The standard InChI is InChI=1S/C7H14O2.C5H10O2/c1-5(2)7(3,4)6(8)9;1-2-3-4-5(6)7/h5H,1-4H3,(H,8,9);2-4H2,1H3,(H,6,7). The molecule has 4 heteroatoms. The highest BCUT2D eigenvalue weighted by Gasteiger charge is 2.30. The lowest BCUT2D eigenvalue weighted by Crippen LogP contribution is -2.29. The van der Waals surface area contributed by atoms with Gasteiger partial charge in [-0.25, -0.2) is 0 Å². The molecule has 2 N–H and O–H groups in total. The molecule has 0 spiro atoms. The number of hydrogen-bond donors (Lipinski definition) is 2. The monoisotopic (exact) mass is 232 g/mol. The Kier molecular flexibility index (Phi) is 8.81. The van der Waals surface area contributed by atoms with Gasteiger partial charge in [0.25, 0.3) is 0 Å². The van der Waals surface area contributed by atoms with Gasteiger partial charge >= 0.3 is 11.9 Å². The Morgan fingerprint density at radius 2 is 1.62 bits per heavy atom. The first-order valence-corrected chi connectivity index (χ1v) is 5.61. The van der Waals surface area contributed by atoms with Crippen LogP contribution in [-0.2, 0) is 9.59 Å². The first kappa shape index (κ1) is 17.3. The van der Waals surface area contributed by atoms with Crippen LogP contribution < -0.4 is 0 Å². The van der Waals surface area contributed by atoms with Crippen molar-refractivity contribution in [2.45, 2.75) is 53.9 Å². The van der Waals surface area contributed by atoms with Crippen molar-refractivity contribution >= 4 is 11.9 Å². The fourth-order valence-corrected chi connectivity index (χ4v) is 0.575. The Balaban J connectivity index is 0. The summed E-state index contributed by atoms with van der Waals surface area (Å²) in [6, 6.07) is 0. The molecule has 0 heterocycles. The maximum absolute atomic E-state index is 10.5. The average molecular weight is 232 g/mol. The summed E-state index contributed by atoms with van der Waals surface area (Å²) in [7, 11) is 0. The molecule has 4 nitrogen and oxygen atoms in total. The average Bonchev–Trinajstić information content (AvgIpc) is 2.15. The van der Waals surface area contributed by atoms with Gasteiger partial charge in [0.1, 0.15) is 0 Å². The van der Waals surface area contributed by atoms with Gasteiger partial charge in [-0.3, -0.25) is 9.59 Å². The Morgan fingerprint density at radius 3 is 1.69 bits per heavy atom. The van der Waals surface area contributed by atoms with Gasteiger partial charge in [0.05, 0.1) is 5.41 Å². The van der Waals surface area contributed by atoms with E-state index >= 15 is 0 Å². The molecule has 0 saturated heterocycles. The van der Waals surface area contributed by atoms with Gasteiger partial charge < -0.3 is 10.2 Å². The highest BCUT2D eigenvalue weighted by Crippen LogP contribution is 2.25. The summed E-state index contributed by atoms with van der Waals surface area (Å²) < 4.78 is 0. The zero-order valence-electron chi connectivity index (χ0n) is 10.9. The number of carbonyl (C=O) groups is 2. The van der Waals surface area contributed by atoms with Crippen LogP contribution >= 0.6 is 0 Å². The zero-order valence-corrected chi connectivity index (χ0v) is 10.9. The number of carboxylic acids is 2. The fraction of sp³-hybridized carbons (Fsp3) is 0.833. The Morgan fingerprint density at radius 1 is 1.19 bits per heavy atom. The quantitative estimate of drug-likeness (QED) is 0.764. The minimum Gasteiger partial charge on any atom is -0.481 e. The van der Waals surface area contributed by atoms with Crippen LogP contribution in [0.5, 0.6) is 0 Å². The SMILES string of the molecule is CC(C)C(C)(C)C(=O)O.CCCCC(=O)O. The van der Waals surface area contributed by atoms with Crippen LogP contribution in [0.2, 0.25) is 0 Å². The van der Waals surface area contributed by atoms with Crippen molar-refractivity contribution in [3.05, 3.63) is 0 Å². The Bertz CT molecular complexity index is 219. The van der Waals surface area contributed by atoms with E-state index in [0.29, 0.717) is 6.42 Å². The summed E-state index contributed by atoms with van der Waals surface area (Å²) in [6.07, 6.45) is 2.08. The molecule has 0 atom stereocenters. The van der Waals surface area contributed by atoms with Crippen LogP contribution in [0.25, 0.3) is 0 Å². The minimum atomic E-state index is -0.725. The van der Waals surface area contributed by atoms with Gasteiger partial charge in [-0.15, -0.1) is 0 Å².